The average Bonchev–Trinajstić information content (AvgIpc) is 2.40. The van der Waals surface area contributed by atoms with Crippen LogP contribution in [0.25, 0.3) is 0 Å². The predicted molar refractivity (Wildman–Crippen MR) is 65.2 cm³/mol. The molecule has 0 unspecified atom stereocenters. The Morgan fingerprint density at radius 2 is 2.17 bits per heavy atom. The highest BCUT2D eigenvalue weighted by Crippen LogP contribution is 2.22. The Labute approximate surface area is 104 Å². The van der Waals surface area contributed by atoms with E-state index >= 15 is 0 Å². The van der Waals surface area contributed by atoms with E-state index in [0.29, 0.717) is 17.3 Å². The van der Waals surface area contributed by atoms with Gasteiger partial charge in [0, 0.05) is 6.07 Å². The van der Waals surface area contributed by atoms with Crippen LogP contribution in [-0.4, -0.2) is 12.1 Å². The van der Waals surface area contributed by atoms with Gasteiger partial charge in [-0.3, -0.25) is 0 Å². The second-order valence-corrected chi connectivity index (χ2v) is 3.49. The van der Waals surface area contributed by atoms with Crippen LogP contribution < -0.4 is 10.1 Å². The fourth-order valence-electron chi connectivity index (χ4n) is 1.47. The molecule has 1 N–H and O–H groups in total. The standard InChI is InChI=1S/C13H10FN3O/c1-18-13-6-5-9(8-16-13)17-12-4-2-3-11(14)10(12)7-15/h2-6,8,17H,1H3. The molecule has 0 spiro atoms. The Balaban J connectivity index is 2.28. The summed E-state index contributed by atoms with van der Waals surface area (Å²) in [5.41, 5.74) is 1.04. The maximum Gasteiger partial charge on any atom is 0.213 e. The van der Waals surface area contributed by atoms with Crippen LogP contribution in [0, 0.1) is 17.1 Å². The summed E-state index contributed by atoms with van der Waals surface area (Å²) in [6, 6.07) is 9.65. The number of rotatable bonds is 3. The lowest BCUT2D eigenvalue weighted by Crippen LogP contribution is -1.97. The van der Waals surface area contributed by atoms with Gasteiger partial charge in [-0.15, -0.1) is 0 Å². The molecule has 0 amide bonds. The lowest BCUT2D eigenvalue weighted by Gasteiger charge is -2.08. The van der Waals surface area contributed by atoms with Gasteiger partial charge in [0.2, 0.25) is 5.88 Å². The zero-order chi connectivity index (χ0) is 13.0. The first-order chi connectivity index (χ1) is 8.74. The molecule has 0 bridgehead atoms. The highest BCUT2D eigenvalue weighted by molar-refractivity contribution is 5.66. The summed E-state index contributed by atoms with van der Waals surface area (Å²) in [6.45, 7) is 0. The first kappa shape index (κ1) is 11.9. The van der Waals surface area contributed by atoms with Gasteiger partial charge >= 0.3 is 0 Å². The molecule has 1 heterocycles. The lowest BCUT2D eigenvalue weighted by molar-refractivity contribution is 0.398. The van der Waals surface area contributed by atoms with Crippen molar-refractivity contribution >= 4 is 11.4 Å². The number of hydrogen-bond donors (Lipinski definition) is 1. The second kappa shape index (κ2) is 5.15. The van der Waals surface area contributed by atoms with Crippen LogP contribution in [0.4, 0.5) is 15.8 Å². The van der Waals surface area contributed by atoms with Crippen LogP contribution in [0.5, 0.6) is 5.88 Å². The number of nitrogens with zero attached hydrogens (tertiary/aromatic N) is 2. The molecule has 0 saturated carbocycles. The predicted octanol–water partition coefficient (Wildman–Crippen LogP) is 2.84. The van der Waals surface area contributed by atoms with E-state index in [1.807, 2.05) is 6.07 Å². The zero-order valence-electron chi connectivity index (χ0n) is 9.64. The van der Waals surface area contributed by atoms with E-state index in [0.717, 1.165) is 0 Å². The molecule has 0 fully saturated rings. The van der Waals surface area contributed by atoms with Crippen LogP contribution in [0.3, 0.4) is 0 Å². The van der Waals surface area contributed by atoms with Crippen molar-refractivity contribution in [2.75, 3.05) is 12.4 Å². The van der Waals surface area contributed by atoms with Crippen molar-refractivity contribution in [2.24, 2.45) is 0 Å². The van der Waals surface area contributed by atoms with Crippen molar-refractivity contribution in [3.05, 3.63) is 47.9 Å². The fraction of sp³-hybridized carbons (Fsp3) is 0.0769. The number of aromatic nitrogens is 1. The van der Waals surface area contributed by atoms with Crippen LogP contribution in [0.2, 0.25) is 0 Å². The Morgan fingerprint density at radius 3 is 2.78 bits per heavy atom. The molecule has 5 heteroatoms. The van der Waals surface area contributed by atoms with E-state index in [-0.39, 0.29) is 5.56 Å². The molecule has 18 heavy (non-hydrogen) atoms. The molecule has 1 aromatic carbocycles. The lowest BCUT2D eigenvalue weighted by atomic mass is 10.2. The van der Waals surface area contributed by atoms with E-state index in [4.69, 9.17) is 10.00 Å². The molecular weight excluding hydrogens is 233 g/mol. The van der Waals surface area contributed by atoms with Gasteiger partial charge < -0.3 is 10.1 Å². The highest BCUT2D eigenvalue weighted by Gasteiger charge is 2.07. The topological polar surface area (TPSA) is 57.9 Å². The largest absolute Gasteiger partial charge is 0.481 e. The average molecular weight is 243 g/mol. The molecule has 1 aromatic heterocycles. The monoisotopic (exact) mass is 243 g/mol. The van der Waals surface area contributed by atoms with Gasteiger partial charge in [-0.2, -0.15) is 5.26 Å². The maximum absolute atomic E-state index is 13.4. The number of ether oxygens (including phenoxy) is 1. The SMILES string of the molecule is COc1ccc(Nc2cccc(F)c2C#N)cn1. The van der Waals surface area contributed by atoms with Crippen molar-refractivity contribution in [1.82, 2.24) is 4.98 Å². The minimum Gasteiger partial charge on any atom is -0.481 e. The fourth-order valence-corrected chi connectivity index (χ4v) is 1.47. The molecule has 0 aliphatic rings. The summed E-state index contributed by atoms with van der Waals surface area (Å²) < 4.78 is 18.3. The second-order valence-electron chi connectivity index (χ2n) is 3.49. The minimum absolute atomic E-state index is 0.0201. The van der Waals surface area contributed by atoms with Gasteiger partial charge in [-0.25, -0.2) is 9.37 Å². The van der Waals surface area contributed by atoms with Gasteiger partial charge in [0.1, 0.15) is 17.4 Å². The Kier molecular flexibility index (Phi) is 3.39. The van der Waals surface area contributed by atoms with Crippen LogP contribution in [0.15, 0.2) is 36.5 Å². The number of hydrogen-bond acceptors (Lipinski definition) is 4. The molecule has 0 aliphatic heterocycles. The molecule has 4 nitrogen and oxygen atoms in total. The van der Waals surface area contributed by atoms with Gasteiger partial charge in [0.05, 0.1) is 24.7 Å². The third-order valence-electron chi connectivity index (χ3n) is 2.35. The number of benzene rings is 1. The first-order valence-corrected chi connectivity index (χ1v) is 5.20. The van der Waals surface area contributed by atoms with E-state index < -0.39 is 5.82 Å². The normalized spacial score (nSPS) is 9.61. The van der Waals surface area contributed by atoms with E-state index in [2.05, 4.69) is 10.3 Å². The van der Waals surface area contributed by atoms with E-state index in [1.54, 1.807) is 24.4 Å². The number of pyridine rings is 1. The van der Waals surface area contributed by atoms with Crippen molar-refractivity contribution in [1.29, 1.82) is 5.26 Å². The van der Waals surface area contributed by atoms with Gasteiger partial charge in [0.25, 0.3) is 0 Å². The maximum atomic E-state index is 13.4. The molecular formula is C13H10FN3O. The number of halogens is 1. The number of methoxy groups -OCH3 is 1. The van der Waals surface area contributed by atoms with E-state index in [1.165, 1.54) is 19.2 Å². The third kappa shape index (κ3) is 2.38. The first-order valence-electron chi connectivity index (χ1n) is 5.20. The molecule has 2 aromatic rings. The van der Waals surface area contributed by atoms with Gasteiger partial charge in [-0.1, -0.05) is 6.07 Å². The van der Waals surface area contributed by atoms with Crippen molar-refractivity contribution in [3.63, 3.8) is 0 Å². The van der Waals surface area contributed by atoms with Crippen molar-refractivity contribution < 1.29 is 9.13 Å². The van der Waals surface area contributed by atoms with Crippen LogP contribution in [-0.2, 0) is 0 Å². The number of anilines is 2. The van der Waals surface area contributed by atoms with Crippen molar-refractivity contribution in [3.8, 4) is 11.9 Å². The molecule has 0 saturated heterocycles. The Bertz CT molecular complexity index is 590. The quantitative estimate of drug-likeness (QED) is 0.900. The summed E-state index contributed by atoms with van der Waals surface area (Å²) in [5.74, 6) is -0.0655. The minimum atomic E-state index is -0.552. The van der Waals surface area contributed by atoms with Gasteiger partial charge in [0.15, 0.2) is 0 Å². The number of nitrogens with one attached hydrogen (secondary N) is 1. The Morgan fingerprint density at radius 1 is 1.33 bits per heavy atom. The smallest absolute Gasteiger partial charge is 0.213 e. The van der Waals surface area contributed by atoms with Gasteiger partial charge in [-0.05, 0) is 18.2 Å². The molecule has 0 atom stereocenters. The summed E-state index contributed by atoms with van der Waals surface area (Å²) in [5, 5.41) is 11.8. The van der Waals surface area contributed by atoms with Crippen LogP contribution >= 0.6 is 0 Å². The molecule has 90 valence electrons. The summed E-state index contributed by atoms with van der Waals surface area (Å²) in [6.07, 6.45) is 1.55. The third-order valence-corrected chi connectivity index (χ3v) is 2.35. The highest BCUT2D eigenvalue weighted by atomic mass is 19.1. The number of nitriles is 1. The zero-order valence-corrected chi connectivity index (χ0v) is 9.64. The molecule has 2 rings (SSSR count). The summed E-state index contributed by atoms with van der Waals surface area (Å²) >= 11 is 0. The van der Waals surface area contributed by atoms with E-state index in [9.17, 15) is 4.39 Å². The Hall–Kier alpha value is -2.61. The summed E-state index contributed by atoms with van der Waals surface area (Å²) in [7, 11) is 1.52. The summed E-state index contributed by atoms with van der Waals surface area (Å²) in [4.78, 5) is 4.01. The van der Waals surface area contributed by atoms with Crippen LogP contribution in [0.1, 0.15) is 5.56 Å². The molecule has 0 radical (unpaired) electrons. The molecule has 0 aliphatic carbocycles. The van der Waals surface area contributed by atoms with Crippen molar-refractivity contribution in [2.45, 2.75) is 0 Å².